The number of rotatable bonds is 5. The third kappa shape index (κ3) is 6.70. The summed E-state index contributed by atoms with van der Waals surface area (Å²) in [6, 6.07) is 6.96. The minimum Gasteiger partial charge on any atom is -0.490 e. The zero-order valence-electron chi connectivity index (χ0n) is 10.2. The zero-order chi connectivity index (χ0) is 14.1. The molecule has 0 saturated heterocycles. The van der Waals surface area contributed by atoms with Gasteiger partial charge >= 0.3 is 6.18 Å². The lowest BCUT2D eigenvalue weighted by molar-refractivity contribution is -0.175. The lowest BCUT2D eigenvalue weighted by Crippen LogP contribution is -2.19. The normalized spacial score (nSPS) is 10.7. The molecule has 1 rings (SSSR count). The number of halogens is 3. The second kappa shape index (κ2) is 7.67. The van der Waals surface area contributed by atoms with Crippen molar-refractivity contribution in [1.29, 1.82) is 0 Å². The first-order valence-corrected chi connectivity index (χ1v) is 5.58. The highest BCUT2D eigenvalue weighted by atomic mass is 19.4. The van der Waals surface area contributed by atoms with Crippen LogP contribution in [0.2, 0.25) is 0 Å². The van der Waals surface area contributed by atoms with Gasteiger partial charge in [-0.25, -0.2) is 0 Å². The molecule has 1 aromatic rings. The van der Waals surface area contributed by atoms with Crippen LogP contribution in [0.5, 0.6) is 5.75 Å². The average Bonchev–Trinajstić information content (AvgIpc) is 2.36. The first-order chi connectivity index (χ1) is 9.03. The molecule has 0 spiro atoms. The van der Waals surface area contributed by atoms with Gasteiger partial charge in [0, 0.05) is 0 Å². The molecule has 1 aromatic carbocycles. The zero-order valence-corrected chi connectivity index (χ0v) is 10.2. The maximum absolute atomic E-state index is 11.8. The summed E-state index contributed by atoms with van der Waals surface area (Å²) in [5.74, 6) is 6.00. The van der Waals surface area contributed by atoms with Gasteiger partial charge in [-0.15, -0.1) is 0 Å². The third-order valence-corrected chi connectivity index (χ3v) is 1.96. The summed E-state index contributed by atoms with van der Waals surface area (Å²) in [4.78, 5) is 0. The number of benzene rings is 1. The highest BCUT2D eigenvalue weighted by Gasteiger charge is 2.27. The number of hydrogen-bond donors (Lipinski definition) is 1. The van der Waals surface area contributed by atoms with Crippen molar-refractivity contribution in [2.45, 2.75) is 6.18 Å². The van der Waals surface area contributed by atoms with Crippen molar-refractivity contribution in [3.63, 3.8) is 0 Å². The van der Waals surface area contributed by atoms with Crippen molar-refractivity contribution < 1.29 is 22.6 Å². The molecule has 0 aliphatic carbocycles. The molecule has 104 valence electrons. The van der Waals surface area contributed by atoms with E-state index in [0.717, 1.165) is 0 Å². The van der Waals surface area contributed by atoms with Gasteiger partial charge < -0.3 is 15.2 Å². The van der Waals surface area contributed by atoms with Gasteiger partial charge in [-0.3, -0.25) is 0 Å². The fraction of sp³-hybridized carbons (Fsp3) is 0.385. The van der Waals surface area contributed by atoms with Crippen LogP contribution in [0.15, 0.2) is 24.3 Å². The highest BCUT2D eigenvalue weighted by Crippen LogP contribution is 2.17. The van der Waals surface area contributed by atoms with Crippen LogP contribution in [0.3, 0.4) is 0 Å². The Hall–Kier alpha value is -1.71. The molecule has 0 bridgehead atoms. The minimum absolute atomic E-state index is 0.0252. The number of nitrogens with two attached hydrogens (primary N) is 1. The molecule has 0 aliphatic rings. The Morgan fingerprint density at radius 3 is 2.58 bits per heavy atom. The third-order valence-electron chi connectivity index (χ3n) is 1.96. The molecular formula is C13H14F3NO2. The molecule has 0 fully saturated rings. The Kier molecular flexibility index (Phi) is 6.19. The van der Waals surface area contributed by atoms with Gasteiger partial charge in [0.25, 0.3) is 0 Å². The van der Waals surface area contributed by atoms with Gasteiger partial charge in [-0.05, 0) is 12.1 Å². The van der Waals surface area contributed by atoms with Crippen LogP contribution in [-0.4, -0.2) is 32.5 Å². The van der Waals surface area contributed by atoms with Crippen molar-refractivity contribution >= 4 is 0 Å². The van der Waals surface area contributed by atoms with Crippen LogP contribution >= 0.6 is 0 Å². The predicted molar refractivity (Wildman–Crippen MR) is 64.7 cm³/mol. The maximum atomic E-state index is 11.8. The van der Waals surface area contributed by atoms with Crippen molar-refractivity contribution in [2.24, 2.45) is 5.73 Å². The summed E-state index contributed by atoms with van der Waals surface area (Å²) in [5.41, 5.74) is 5.91. The second-order valence-corrected chi connectivity index (χ2v) is 3.52. The molecule has 0 unspecified atom stereocenters. The summed E-state index contributed by atoms with van der Waals surface area (Å²) in [6.07, 6.45) is -4.31. The summed E-state index contributed by atoms with van der Waals surface area (Å²) in [7, 11) is 0. The molecule has 0 saturated carbocycles. The molecule has 0 amide bonds. The van der Waals surface area contributed by atoms with Crippen molar-refractivity contribution in [3.8, 4) is 17.6 Å². The summed E-state index contributed by atoms with van der Waals surface area (Å²) < 4.78 is 45.2. The van der Waals surface area contributed by atoms with E-state index in [0.29, 0.717) is 11.3 Å². The van der Waals surface area contributed by atoms with E-state index in [9.17, 15) is 13.2 Å². The van der Waals surface area contributed by atoms with E-state index in [1.54, 1.807) is 24.3 Å². The Labute approximate surface area is 109 Å². The van der Waals surface area contributed by atoms with Gasteiger partial charge in [0.05, 0.1) is 18.7 Å². The highest BCUT2D eigenvalue weighted by molar-refractivity contribution is 5.45. The maximum Gasteiger partial charge on any atom is 0.411 e. The first-order valence-electron chi connectivity index (χ1n) is 5.58. The van der Waals surface area contributed by atoms with Gasteiger partial charge in [-0.1, -0.05) is 24.0 Å². The molecule has 6 heteroatoms. The monoisotopic (exact) mass is 273 g/mol. The van der Waals surface area contributed by atoms with E-state index < -0.39 is 12.8 Å². The van der Waals surface area contributed by atoms with Crippen LogP contribution in [0.25, 0.3) is 0 Å². The average molecular weight is 273 g/mol. The van der Waals surface area contributed by atoms with E-state index >= 15 is 0 Å². The predicted octanol–water partition coefficient (Wildman–Crippen LogP) is 1.95. The smallest absolute Gasteiger partial charge is 0.411 e. The molecule has 0 atom stereocenters. The van der Waals surface area contributed by atoms with Crippen molar-refractivity contribution in [3.05, 3.63) is 29.8 Å². The number of hydrogen-bond acceptors (Lipinski definition) is 3. The molecule has 0 radical (unpaired) electrons. The van der Waals surface area contributed by atoms with Crippen LogP contribution in [0, 0.1) is 11.8 Å². The minimum atomic E-state index is -4.31. The van der Waals surface area contributed by atoms with Gasteiger partial charge in [0.2, 0.25) is 0 Å². The Balaban J connectivity index is 2.41. The second-order valence-electron chi connectivity index (χ2n) is 3.52. The molecule has 0 aromatic heterocycles. The molecule has 3 nitrogen and oxygen atoms in total. The van der Waals surface area contributed by atoms with E-state index in [-0.39, 0.29) is 19.8 Å². The summed E-state index contributed by atoms with van der Waals surface area (Å²) in [6.45, 7) is -1.16. The Bertz CT molecular complexity index is 449. The van der Waals surface area contributed by atoms with Crippen LogP contribution in [0.1, 0.15) is 5.56 Å². The fourth-order valence-electron chi connectivity index (χ4n) is 1.24. The standard InChI is InChI=1S/C13H14F3NO2/c14-13(15,16)10-18-8-9-19-12-6-2-1-4-11(12)5-3-7-17/h1-2,4,6H,7-10,17H2. The van der Waals surface area contributed by atoms with Gasteiger partial charge in [0.1, 0.15) is 19.0 Å². The summed E-state index contributed by atoms with van der Waals surface area (Å²) in [5, 5.41) is 0. The van der Waals surface area contributed by atoms with Gasteiger partial charge in [-0.2, -0.15) is 13.2 Å². The molecule has 0 aliphatic heterocycles. The lowest BCUT2D eigenvalue weighted by atomic mass is 10.2. The fourth-order valence-corrected chi connectivity index (χ4v) is 1.24. The SMILES string of the molecule is NCC#Cc1ccccc1OCCOCC(F)(F)F. The molecular weight excluding hydrogens is 259 g/mol. The number of para-hydroxylation sites is 1. The summed E-state index contributed by atoms with van der Waals surface area (Å²) >= 11 is 0. The van der Waals surface area contributed by atoms with E-state index in [1.807, 2.05) is 0 Å². The largest absolute Gasteiger partial charge is 0.490 e. The first kappa shape index (κ1) is 15.3. The number of ether oxygens (including phenoxy) is 2. The molecule has 19 heavy (non-hydrogen) atoms. The quantitative estimate of drug-likeness (QED) is 0.659. The number of alkyl halides is 3. The van der Waals surface area contributed by atoms with Crippen LogP contribution < -0.4 is 10.5 Å². The van der Waals surface area contributed by atoms with Crippen molar-refractivity contribution in [2.75, 3.05) is 26.4 Å². The van der Waals surface area contributed by atoms with E-state index in [2.05, 4.69) is 16.6 Å². The Morgan fingerprint density at radius 1 is 1.16 bits per heavy atom. The van der Waals surface area contributed by atoms with E-state index in [4.69, 9.17) is 10.5 Å². The van der Waals surface area contributed by atoms with E-state index in [1.165, 1.54) is 0 Å². The topological polar surface area (TPSA) is 44.5 Å². The van der Waals surface area contributed by atoms with Gasteiger partial charge in [0.15, 0.2) is 0 Å². The molecule has 0 heterocycles. The van der Waals surface area contributed by atoms with Crippen molar-refractivity contribution in [1.82, 2.24) is 0 Å². The van der Waals surface area contributed by atoms with Crippen LogP contribution in [0.4, 0.5) is 13.2 Å². The van der Waals surface area contributed by atoms with Crippen LogP contribution in [-0.2, 0) is 4.74 Å². The Morgan fingerprint density at radius 2 is 1.89 bits per heavy atom. The molecule has 2 N–H and O–H groups in total. The lowest BCUT2D eigenvalue weighted by Gasteiger charge is -2.10.